The van der Waals surface area contributed by atoms with Crippen LogP contribution in [0.25, 0.3) is 22.5 Å². The van der Waals surface area contributed by atoms with E-state index in [1.807, 2.05) is 0 Å². The summed E-state index contributed by atoms with van der Waals surface area (Å²) < 4.78 is 5.10. The summed E-state index contributed by atoms with van der Waals surface area (Å²) in [6.45, 7) is 0. The first-order valence-electron chi connectivity index (χ1n) is 5.48. The Labute approximate surface area is 106 Å². The van der Waals surface area contributed by atoms with Crippen LogP contribution in [0.1, 0.15) is 10.6 Å². The summed E-state index contributed by atoms with van der Waals surface area (Å²) in [5, 5.41) is 9.25. The van der Waals surface area contributed by atoms with E-state index in [-0.39, 0.29) is 22.9 Å². The molecule has 0 bridgehead atoms. The van der Waals surface area contributed by atoms with E-state index in [2.05, 4.69) is 9.97 Å². The van der Waals surface area contributed by atoms with Crippen molar-refractivity contribution >= 4 is 16.9 Å². The predicted octanol–water partition coefficient (Wildman–Crippen LogP) is 1.88. The average Bonchev–Trinajstić information content (AvgIpc) is 2.88. The summed E-state index contributed by atoms with van der Waals surface area (Å²) in [5.74, 6) is -0.961. The second-order valence-corrected chi connectivity index (χ2v) is 3.90. The maximum absolute atomic E-state index is 11.9. The maximum atomic E-state index is 11.9. The molecule has 0 atom stereocenters. The van der Waals surface area contributed by atoms with Crippen molar-refractivity contribution in [2.45, 2.75) is 0 Å². The standard InChI is InChI=1S/C13H8N2O4/c16-12-7-3-1-2-4-8(7)14-11(15-12)9-5-6-10(19-9)13(17)18/h1-6H,(H,17,18)(H,14,15,16). The first kappa shape index (κ1) is 11.2. The van der Waals surface area contributed by atoms with Crippen LogP contribution < -0.4 is 5.56 Å². The summed E-state index contributed by atoms with van der Waals surface area (Å²) >= 11 is 0. The van der Waals surface area contributed by atoms with Gasteiger partial charge in [0.15, 0.2) is 11.6 Å². The van der Waals surface area contributed by atoms with Crippen molar-refractivity contribution in [1.82, 2.24) is 9.97 Å². The molecule has 94 valence electrons. The molecule has 3 rings (SSSR count). The maximum Gasteiger partial charge on any atom is 0.371 e. The molecule has 0 aliphatic carbocycles. The summed E-state index contributed by atoms with van der Waals surface area (Å²) in [5.41, 5.74) is 0.225. The Morgan fingerprint density at radius 3 is 2.74 bits per heavy atom. The van der Waals surface area contributed by atoms with E-state index in [1.54, 1.807) is 24.3 Å². The van der Waals surface area contributed by atoms with Gasteiger partial charge in [-0.3, -0.25) is 4.79 Å². The number of benzene rings is 1. The van der Waals surface area contributed by atoms with E-state index < -0.39 is 5.97 Å². The number of fused-ring (bicyclic) bond motifs is 1. The fourth-order valence-corrected chi connectivity index (χ4v) is 1.78. The molecular weight excluding hydrogens is 248 g/mol. The fraction of sp³-hybridized carbons (Fsp3) is 0. The third-order valence-electron chi connectivity index (χ3n) is 2.66. The van der Waals surface area contributed by atoms with Gasteiger partial charge < -0.3 is 14.5 Å². The number of hydrogen-bond donors (Lipinski definition) is 2. The molecule has 0 saturated carbocycles. The van der Waals surface area contributed by atoms with Gasteiger partial charge in [0.05, 0.1) is 10.9 Å². The lowest BCUT2D eigenvalue weighted by Gasteiger charge is -1.99. The zero-order valence-corrected chi connectivity index (χ0v) is 9.58. The summed E-state index contributed by atoms with van der Waals surface area (Å²) in [4.78, 5) is 29.4. The molecule has 2 N–H and O–H groups in total. The van der Waals surface area contributed by atoms with Crippen LogP contribution in [0.4, 0.5) is 0 Å². The van der Waals surface area contributed by atoms with Gasteiger partial charge in [0, 0.05) is 0 Å². The molecule has 6 heteroatoms. The van der Waals surface area contributed by atoms with Gasteiger partial charge in [0.2, 0.25) is 5.76 Å². The first-order valence-corrected chi connectivity index (χ1v) is 5.48. The minimum Gasteiger partial charge on any atom is -0.475 e. The Bertz CT molecular complexity index is 832. The number of hydrogen-bond acceptors (Lipinski definition) is 4. The topological polar surface area (TPSA) is 96.2 Å². The number of rotatable bonds is 2. The Balaban J connectivity index is 2.19. The highest BCUT2D eigenvalue weighted by Crippen LogP contribution is 2.19. The van der Waals surface area contributed by atoms with Gasteiger partial charge in [0.25, 0.3) is 5.56 Å². The quantitative estimate of drug-likeness (QED) is 0.729. The SMILES string of the molecule is O=C(O)c1ccc(-c2nc3ccccc3c(=O)[nH]2)o1. The number of carboxylic acid groups (broad SMARTS) is 1. The number of nitrogens with one attached hydrogen (secondary N) is 1. The number of nitrogens with zero attached hydrogens (tertiary/aromatic N) is 1. The highest BCUT2D eigenvalue weighted by molar-refractivity contribution is 5.85. The molecule has 0 amide bonds. The van der Waals surface area contributed by atoms with Gasteiger partial charge in [-0.2, -0.15) is 0 Å². The molecule has 0 spiro atoms. The highest BCUT2D eigenvalue weighted by Gasteiger charge is 2.13. The molecule has 0 aliphatic heterocycles. The smallest absolute Gasteiger partial charge is 0.371 e. The van der Waals surface area contributed by atoms with Crippen LogP contribution in [0.3, 0.4) is 0 Å². The van der Waals surface area contributed by atoms with Crippen molar-refractivity contribution < 1.29 is 14.3 Å². The minimum absolute atomic E-state index is 0.203. The van der Waals surface area contributed by atoms with E-state index in [1.165, 1.54) is 12.1 Å². The molecule has 6 nitrogen and oxygen atoms in total. The molecule has 0 radical (unpaired) electrons. The van der Waals surface area contributed by atoms with Crippen LogP contribution in [0.5, 0.6) is 0 Å². The molecular formula is C13H8N2O4. The normalized spacial score (nSPS) is 10.7. The predicted molar refractivity (Wildman–Crippen MR) is 67.0 cm³/mol. The van der Waals surface area contributed by atoms with Crippen molar-refractivity contribution in [3.8, 4) is 11.6 Å². The van der Waals surface area contributed by atoms with Crippen molar-refractivity contribution in [3.63, 3.8) is 0 Å². The number of carbonyl (C=O) groups is 1. The molecule has 1 aromatic carbocycles. The number of aromatic carboxylic acids is 1. The van der Waals surface area contributed by atoms with Gasteiger partial charge in [-0.1, -0.05) is 12.1 Å². The molecule has 19 heavy (non-hydrogen) atoms. The average molecular weight is 256 g/mol. The van der Waals surface area contributed by atoms with Gasteiger partial charge >= 0.3 is 5.97 Å². The van der Waals surface area contributed by atoms with Crippen molar-refractivity contribution in [1.29, 1.82) is 0 Å². The van der Waals surface area contributed by atoms with Crippen molar-refractivity contribution in [2.24, 2.45) is 0 Å². The molecule has 0 saturated heterocycles. The molecule has 0 unspecified atom stereocenters. The van der Waals surface area contributed by atoms with Gasteiger partial charge in [-0.05, 0) is 24.3 Å². The van der Waals surface area contributed by atoms with Crippen LogP contribution in [0.2, 0.25) is 0 Å². The lowest BCUT2D eigenvalue weighted by atomic mass is 10.2. The van der Waals surface area contributed by atoms with E-state index in [0.29, 0.717) is 10.9 Å². The highest BCUT2D eigenvalue weighted by atomic mass is 16.4. The molecule has 0 fully saturated rings. The van der Waals surface area contributed by atoms with E-state index in [0.717, 1.165) is 0 Å². The van der Waals surface area contributed by atoms with Crippen molar-refractivity contribution in [2.75, 3.05) is 0 Å². The van der Waals surface area contributed by atoms with Crippen LogP contribution in [-0.2, 0) is 0 Å². The first-order chi connectivity index (χ1) is 9.15. The monoisotopic (exact) mass is 256 g/mol. The fourth-order valence-electron chi connectivity index (χ4n) is 1.78. The Morgan fingerprint density at radius 1 is 1.21 bits per heavy atom. The zero-order chi connectivity index (χ0) is 13.4. The number of carboxylic acids is 1. The second kappa shape index (κ2) is 4.09. The van der Waals surface area contributed by atoms with Crippen LogP contribution in [0.15, 0.2) is 45.6 Å². The van der Waals surface area contributed by atoms with Crippen LogP contribution in [0, 0.1) is 0 Å². The Hall–Kier alpha value is -2.89. The van der Waals surface area contributed by atoms with E-state index in [4.69, 9.17) is 9.52 Å². The van der Waals surface area contributed by atoms with Gasteiger partial charge in [0.1, 0.15) is 0 Å². The summed E-state index contributed by atoms with van der Waals surface area (Å²) in [7, 11) is 0. The molecule has 0 aliphatic rings. The summed E-state index contributed by atoms with van der Waals surface area (Å²) in [6, 6.07) is 9.64. The second-order valence-electron chi connectivity index (χ2n) is 3.90. The number of furan rings is 1. The van der Waals surface area contributed by atoms with E-state index >= 15 is 0 Å². The van der Waals surface area contributed by atoms with Gasteiger partial charge in [-0.25, -0.2) is 9.78 Å². The Morgan fingerprint density at radius 2 is 2.00 bits per heavy atom. The molecule has 2 heterocycles. The zero-order valence-electron chi connectivity index (χ0n) is 9.58. The van der Waals surface area contributed by atoms with Crippen molar-refractivity contribution in [3.05, 3.63) is 52.5 Å². The lowest BCUT2D eigenvalue weighted by Crippen LogP contribution is -2.09. The number of aromatic amines is 1. The minimum atomic E-state index is -1.17. The molecule has 2 aromatic heterocycles. The molecule has 3 aromatic rings. The van der Waals surface area contributed by atoms with E-state index in [9.17, 15) is 9.59 Å². The van der Waals surface area contributed by atoms with Crippen LogP contribution in [-0.4, -0.2) is 21.0 Å². The van der Waals surface area contributed by atoms with Crippen LogP contribution >= 0.6 is 0 Å². The lowest BCUT2D eigenvalue weighted by molar-refractivity contribution is 0.0663. The number of para-hydroxylation sites is 1. The third-order valence-corrected chi connectivity index (χ3v) is 2.66. The number of H-pyrrole nitrogens is 1. The third kappa shape index (κ3) is 1.89. The largest absolute Gasteiger partial charge is 0.475 e. The Kier molecular flexibility index (Phi) is 2.42. The number of aromatic nitrogens is 2. The van der Waals surface area contributed by atoms with Gasteiger partial charge in [-0.15, -0.1) is 0 Å². The summed E-state index contributed by atoms with van der Waals surface area (Å²) in [6.07, 6.45) is 0.